The van der Waals surface area contributed by atoms with Gasteiger partial charge in [-0.05, 0) is 51.7 Å². The van der Waals surface area contributed by atoms with Crippen LogP contribution >= 0.6 is 0 Å². The van der Waals surface area contributed by atoms with Crippen molar-refractivity contribution < 1.29 is 5.11 Å². The molecule has 1 aromatic rings. The van der Waals surface area contributed by atoms with Crippen LogP contribution in [-0.2, 0) is 0 Å². The largest absolute Gasteiger partial charge is 0.389 e. The Labute approximate surface area is 115 Å². The maximum Gasteiger partial charge on any atom is 0.0992 e. The van der Waals surface area contributed by atoms with E-state index in [1.54, 1.807) is 13.0 Å². The average Bonchev–Trinajstić information content (AvgIpc) is 3.18. The Morgan fingerprint density at radius 3 is 2.53 bits per heavy atom. The van der Waals surface area contributed by atoms with Crippen LogP contribution in [0.5, 0.6) is 0 Å². The molecule has 0 heterocycles. The summed E-state index contributed by atoms with van der Waals surface area (Å²) in [7, 11) is 0. The Hall–Kier alpha value is -1.53. The van der Waals surface area contributed by atoms with E-state index in [1.165, 1.54) is 12.8 Å². The highest BCUT2D eigenvalue weighted by Crippen LogP contribution is 2.35. The minimum absolute atomic E-state index is 0.368. The second-order valence-corrected chi connectivity index (χ2v) is 5.75. The molecule has 0 spiro atoms. The average molecular weight is 258 g/mol. The maximum absolute atomic E-state index is 9.94. The lowest BCUT2D eigenvalue weighted by Gasteiger charge is -2.32. The first-order valence-electron chi connectivity index (χ1n) is 7.01. The summed E-state index contributed by atoms with van der Waals surface area (Å²) in [6.45, 7) is 7.12. The summed E-state index contributed by atoms with van der Waals surface area (Å²) in [6.07, 6.45) is 2.08. The van der Waals surface area contributed by atoms with Crippen molar-refractivity contribution in [3.05, 3.63) is 29.3 Å². The Morgan fingerprint density at radius 1 is 1.37 bits per heavy atom. The molecule has 3 nitrogen and oxygen atoms in total. The van der Waals surface area contributed by atoms with Crippen LogP contribution in [0.4, 0.5) is 5.69 Å². The first-order chi connectivity index (χ1) is 9.02. The van der Waals surface area contributed by atoms with Gasteiger partial charge in [0.1, 0.15) is 0 Å². The Morgan fingerprint density at radius 2 is 2.05 bits per heavy atom. The molecule has 0 amide bonds. The molecule has 2 rings (SSSR count). The standard InChI is InChI=1S/C16H22N2O/c1-11(2)18(10-13-4-5-13)16-8-14(9-17)6-7-15(16)12(3)19/h6-8,11-13,19H,4-5,10H2,1-3H3. The van der Waals surface area contributed by atoms with E-state index < -0.39 is 6.10 Å². The van der Waals surface area contributed by atoms with Gasteiger partial charge in [0, 0.05) is 23.8 Å². The third kappa shape index (κ3) is 3.27. The number of anilines is 1. The van der Waals surface area contributed by atoms with E-state index in [9.17, 15) is 5.11 Å². The van der Waals surface area contributed by atoms with Gasteiger partial charge in [-0.2, -0.15) is 5.26 Å². The predicted octanol–water partition coefficient (Wildman–Crippen LogP) is 3.24. The van der Waals surface area contributed by atoms with Gasteiger partial charge in [-0.3, -0.25) is 0 Å². The minimum atomic E-state index is -0.511. The molecule has 0 radical (unpaired) electrons. The fourth-order valence-electron chi connectivity index (χ4n) is 2.38. The topological polar surface area (TPSA) is 47.3 Å². The molecule has 1 N–H and O–H groups in total. The highest BCUT2D eigenvalue weighted by Gasteiger charge is 2.27. The first-order valence-corrected chi connectivity index (χ1v) is 7.01. The number of hydrogen-bond acceptors (Lipinski definition) is 3. The van der Waals surface area contributed by atoms with Gasteiger partial charge in [-0.1, -0.05) is 6.07 Å². The van der Waals surface area contributed by atoms with Gasteiger partial charge in [0.25, 0.3) is 0 Å². The molecule has 1 saturated carbocycles. The zero-order valence-corrected chi connectivity index (χ0v) is 11.9. The molecule has 0 aromatic heterocycles. The van der Waals surface area contributed by atoms with E-state index in [0.717, 1.165) is 23.7 Å². The number of nitrogens with zero attached hydrogens (tertiary/aromatic N) is 2. The van der Waals surface area contributed by atoms with Crippen molar-refractivity contribution in [1.82, 2.24) is 0 Å². The molecular weight excluding hydrogens is 236 g/mol. The van der Waals surface area contributed by atoms with Crippen molar-refractivity contribution in [3.8, 4) is 6.07 Å². The van der Waals surface area contributed by atoms with Crippen LogP contribution in [0.3, 0.4) is 0 Å². The number of nitriles is 1. The van der Waals surface area contributed by atoms with Crippen molar-refractivity contribution in [2.45, 2.75) is 45.8 Å². The lowest BCUT2D eigenvalue weighted by atomic mass is 10.0. The van der Waals surface area contributed by atoms with Crippen LogP contribution in [-0.4, -0.2) is 17.7 Å². The zero-order valence-electron chi connectivity index (χ0n) is 11.9. The Kier molecular flexibility index (Phi) is 4.11. The molecule has 0 bridgehead atoms. The van der Waals surface area contributed by atoms with E-state index >= 15 is 0 Å². The highest BCUT2D eigenvalue weighted by atomic mass is 16.3. The lowest BCUT2D eigenvalue weighted by molar-refractivity contribution is 0.199. The third-order valence-electron chi connectivity index (χ3n) is 3.69. The molecule has 3 heteroatoms. The second kappa shape index (κ2) is 5.63. The van der Waals surface area contributed by atoms with Gasteiger partial charge in [0.05, 0.1) is 17.7 Å². The van der Waals surface area contributed by atoms with Crippen molar-refractivity contribution in [2.75, 3.05) is 11.4 Å². The molecule has 0 aliphatic heterocycles. The van der Waals surface area contributed by atoms with Crippen LogP contribution in [0.25, 0.3) is 0 Å². The summed E-state index contributed by atoms with van der Waals surface area (Å²) in [5, 5.41) is 19.0. The van der Waals surface area contributed by atoms with Crippen LogP contribution in [0.2, 0.25) is 0 Å². The van der Waals surface area contributed by atoms with Crippen molar-refractivity contribution in [2.24, 2.45) is 5.92 Å². The summed E-state index contributed by atoms with van der Waals surface area (Å²) in [5.41, 5.74) is 2.57. The number of benzene rings is 1. The molecular formula is C16H22N2O. The van der Waals surface area contributed by atoms with E-state index in [1.807, 2.05) is 12.1 Å². The predicted molar refractivity (Wildman–Crippen MR) is 77.0 cm³/mol. The molecule has 1 aliphatic rings. The fourth-order valence-corrected chi connectivity index (χ4v) is 2.38. The Balaban J connectivity index is 2.39. The van der Waals surface area contributed by atoms with E-state index in [-0.39, 0.29) is 0 Å². The van der Waals surface area contributed by atoms with Gasteiger partial charge < -0.3 is 10.0 Å². The first kappa shape index (κ1) is 13.9. The molecule has 1 aromatic carbocycles. The maximum atomic E-state index is 9.94. The Bertz CT molecular complexity index is 484. The molecule has 1 unspecified atom stereocenters. The summed E-state index contributed by atoms with van der Waals surface area (Å²) >= 11 is 0. The quantitative estimate of drug-likeness (QED) is 0.882. The van der Waals surface area contributed by atoms with Gasteiger partial charge >= 0.3 is 0 Å². The van der Waals surface area contributed by atoms with Gasteiger partial charge in [0.15, 0.2) is 0 Å². The van der Waals surface area contributed by atoms with E-state index in [0.29, 0.717) is 11.6 Å². The SMILES string of the molecule is CC(O)c1ccc(C#N)cc1N(CC1CC1)C(C)C. The number of rotatable bonds is 5. The fraction of sp³-hybridized carbons (Fsp3) is 0.562. The van der Waals surface area contributed by atoms with Gasteiger partial charge in [0.2, 0.25) is 0 Å². The molecule has 1 aliphatic carbocycles. The zero-order chi connectivity index (χ0) is 14.0. The molecule has 102 valence electrons. The van der Waals surface area contributed by atoms with Crippen LogP contribution in [0.1, 0.15) is 50.8 Å². The van der Waals surface area contributed by atoms with Gasteiger partial charge in [-0.25, -0.2) is 0 Å². The summed E-state index contributed by atoms with van der Waals surface area (Å²) in [4.78, 5) is 2.32. The smallest absolute Gasteiger partial charge is 0.0992 e. The van der Waals surface area contributed by atoms with E-state index in [4.69, 9.17) is 5.26 Å². The van der Waals surface area contributed by atoms with Crippen LogP contribution in [0, 0.1) is 17.2 Å². The monoisotopic (exact) mass is 258 g/mol. The van der Waals surface area contributed by atoms with Crippen molar-refractivity contribution in [3.63, 3.8) is 0 Å². The minimum Gasteiger partial charge on any atom is -0.389 e. The van der Waals surface area contributed by atoms with E-state index in [2.05, 4.69) is 24.8 Å². The highest BCUT2D eigenvalue weighted by molar-refractivity contribution is 5.59. The lowest BCUT2D eigenvalue weighted by Crippen LogP contribution is -2.33. The third-order valence-corrected chi connectivity index (χ3v) is 3.69. The number of hydrogen-bond donors (Lipinski definition) is 1. The summed E-state index contributed by atoms with van der Waals surface area (Å²) in [6, 6.07) is 8.12. The molecule has 0 saturated heterocycles. The summed E-state index contributed by atoms with van der Waals surface area (Å²) in [5.74, 6) is 0.773. The molecule has 1 atom stereocenters. The van der Waals surface area contributed by atoms with Crippen molar-refractivity contribution in [1.29, 1.82) is 5.26 Å². The normalized spacial score (nSPS) is 16.2. The molecule has 19 heavy (non-hydrogen) atoms. The summed E-state index contributed by atoms with van der Waals surface area (Å²) < 4.78 is 0. The van der Waals surface area contributed by atoms with Crippen molar-refractivity contribution >= 4 is 5.69 Å². The number of aliphatic hydroxyl groups is 1. The molecule has 1 fully saturated rings. The van der Waals surface area contributed by atoms with Crippen LogP contribution < -0.4 is 4.90 Å². The van der Waals surface area contributed by atoms with Crippen LogP contribution in [0.15, 0.2) is 18.2 Å². The van der Waals surface area contributed by atoms with Gasteiger partial charge in [-0.15, -0.1) is 0 Å². The number of aliphatic hydroxyl groups excluding tert-OH is 1. The second-order valence-electron chi connectivity index (χ2n) is 5.75.